The Morgan fingerprint density at radius 2 is 2.15 bits per heavy atom. The molecule has 4 heteroatoms. The average Bonchev–Trinajstić information content (AvgIpc) is 2.38. The Balaban J connectivity index is 1.88. The Bertz CT molecular complexity index is 455. The number of nitrogens with one attached hydrogen (secondary N) is 2. The molecule has 0 unspecified atom stereocenters. The van der Waals surface area contributed by atoms with E-state index in [9.17, 15) is 4.79 Å². The number of nitrogens with zero attached hydrogens (tertiary/aromatic N) is 1. The van der Waals surface area contributed by atoms with Crippen molar-refractivity contribution >= 4 is 11.7 Å². The van der Waals surface area contributed by atoms with E-state index in [0.717, 1.165) is 43.4 Å². The molecule has 1 heterocycles. The Kier molecular flexibility index (Phi) is 5.39. The fourth-order valence-electron chi connectivity index (χ4n) is 2.42. The maximum absolute atomic E-state index is 12.1. The normalized spacial score (nSPS) is 14.7. The van der Waals surface area contributed by atoms with E-state index in [1.807, 2.05) is 19.1 Å². The van der Waals surface area contributed by atoms with Crippen LogP contribution in [0.3, 0.4) is 0 Å². The van der Waals surface area contributed by atoms with Gasteiger partial charge in [-0.05, 0) is 37.8 Å². The van der Waals surface area contributed by atoms with Gasteiger partial charge in [0.25, 0.3) is 5.91 Å². The molecule has 2 N–H and O–H groups in total. The minimum atomic E-state index is 0.00868. The molecule has 1 aromatic rings. The van der Waals surface area contributed by atoms with Crippen LogP contribution in [-0.4, -0.2) is 24.0 Å². The van der Waals surface area contributed by atoms with Crippen molar-refractivity contribution in [2.45, 2.75) is 46.0 Å². The van der Waals surface area contributed by atoms with Gasteiger partial charge in [-0.2, -0.15) is 0 Å². The SMILES string of the molecule is CCCNc1cc(C(=O)NCCC2CCC2)cc(C)n1. The lowest BCUT2D eigenvalue weighted by molar-refractivity contribution is 0.0949. The van der Waals surface area contributed by atoms with Crippen molar-refractivity contribution in [3.05, 3.63) is 23.4 Å². The zero-order valence-corrected chi connectivity index (χ0v) is 12.5. The van der Waals surface area contributed by atoms with Crippen molar-refractivity contribution in [1.82, 2.24) is 10.3 Å². The van der Waals surface area contributed by atoms with Crippen molar-refractivity contribution in [3.8, 4) is 0 Å². The van der Waals surface area contributed by atoms with Gasteiger partial charge in [-0.3, -0.25) is 4.79 Å². The van der Waals surface area contributed by atoms with E-state index in [4.69, 9.17) is 0 Å². The highest BCUT2D eigenvalue weighted by Gasteiger charge is 2.17. The first-order chi connectivity index (χ1) is 9.69. The van der Waals surface area contributed by atoms with Crippen LogP contribution in [0, 0.1) is 12.8 Å². The highest BCUT2D eigenvalue weighted by atomic mass is 16.1. The minimum Gasteiger partial charge on any atom is -0.370 e. The molecule has 0 aliphatic heterocycles. The Hall–Kier alpha value is -1.58. The third-order valence-electron chi connectivity index (χ3n) is 3.83. The third-order valence-corrected chi connectivity index (χ3v) is 3.83. The largest absolute Gasteiger partial charge is 0.370 e. The second-order valence-corrected chi connectivity index (χ2v) is 5.65. The number of carbonyl (C=O) groups excluding carboxylic acids is 1. The van der Waals surface area contributed by atoms with Crippen molar-refractivity contribution in [2.75, 3.05) is 18.4 Å². The second-order valence-electron chi connectivity index (χ2n) is 5.65. The molecule has 1 aromatic heterocycles. The minimum absolute atomic E-state index is 0.00868. The molecule has 1 aliphatic carbocycles. The molecule has 1 aliphatic rings. The number of rotatable bonds is 7. The number of aromatic nitrogens is 1. The van der Waals surface area contributed by atoms with Crippen LogP contribution in [0.15, 0.2) is 12.1 Å². The highest BCUT2D eigenvalue weighted by Crippen LogP contribution is 2.28. The molecule has 0 spiro atoms. The van der Waals surface area contributed by atoms with Gasteiger partial charge in [-0.1, -0.05) is 26.2 Å². The first-order valence-electron chi connectivity index (χ1n) is 7.69. The lowest BCUT2D eigenvalue weighted by atomic mass is 9.83. The Labute approximate surface area is 121 Å². The molecule has 1 amide bonds. The Morgan fingerprint density at radius 3 is 2.80 bits per heavy atom. The fraction of sp³-hybridized carbons (Fsp3) is 0.625. The van der Waals surface area contributed by atoms with Gasteiger partial charge in [-0.25, -0.2) is 4.98 Å². The van der Waals surface area contributed by atoms with E-state index in [1.54, 1.807) is 0 Å². The summed E-state index contributed by atoms with van der Waals surface area (Å²) in [5, 5.41) is 6.25. The molecule has 0 atom stereocenters. The van der Waals surface area contributed by atoms with Gasteiger partial charge in [-0.15, -0.1) is 0 Å². The van der Waals surface area contributed by atoms with E-state index in [1.165, 1.54) is 19.3 Å². The summed E-state index contributed by atoms with van der Waals surface area (Å²) in [6, 6.07) is 3.68. The van der Waals surface area contributed by atoms with E-state index in [2.05, 4.69) is 22.5 Å². The van der Waals surface area contributed by atoms with Crippen LogP contribution in [-0.2, 0) is 0 Å². The molecule has 0 aromatic carbocycles. The van der Waals surface area contributed by atoms with Crippen LogP contribution in [0.1, 0.15) is 55.1 Å². The summed E-state index contributed by atoms with van der Waals surface area (Å²) in [7, 11) is 0. The summed E-state index contributed by atoms with van der Waals surface area (Å²) >= 11 is 0. The maximum Gasteiger partial charge on any atom is 0.251 e. The maximum atomic E-state index is 12.1. The topological polar surface area (TPSA) is 54.0 Å². The van der Waals surface area contributed by atoms with Gasteiger partial charge in [0.15, 0.2) is 0 Å². The molecule has 0 radical (unpaired) electrons. The number of pyridine rings is 1. The van der Waals surface area contributed by atoms with Crippen LogP contribution in [0.4, 0.5) is 5.82 Å². The van der Waals surface area contributed by atoms with Gasteiger partial charge in [0.05, 0.1) is 0 Å². The molecule has 0 saturated heterocycles. The number of carbonyl (C=O) groups is 1. The van der Waals surface area contributed by atoms with Gasteiger partial charge in [0.2, 0.25) is 0 Å². The number of hydrogen-bond donors (Lipinski definition) is 2. The average molecular weight is 275 g/mol. The van der Waals surface area contributed by atoms with Crippen molar-refractivity contribution in [2.24, 2.45) is 5.92 Å². The smallest absolute Gasteiger partial charge is 0.251 e. The molecule has 20 heavy (non-hydrogen) atoms. The molecular weight excluding hydrogens is 250 g/mol. The first-order valence-corrected chi connectivity index (χ1v) is 7.69. The number of amides is 1. The Morgan fingerprint density at radius 1 is 1.35 bits per heavy atom. The van der Waals surface area contributed by atoms with E-state index >= 15 is 0 Å². The highest BCUT2D eigenvalue weighted by molar-refractivity contribution is 5.94. The van der Waals surface area contributed by atoms with Gasteiger partial charge in [0.1, 0.15) is 5.82 Å². The summed E-state index contributed by atoms with van der Waals surface area (Å²) in [5.41, 5.74) is 1.57. The predicted octanol–water partition coefficient (Wildman–Crippen LogP) is 3.13. The number of anilines is 1. The van der Waals surface area contributed by atoms with Gasteiger partial charge in [0, 0.05) is 24.3 Å². The van der Waals surface area contributed by atoms with Crippen LogP contribution >= 0.6 is 0 Å². The van der Waals surface area contributed by atoms with Crippen molar-refractivity contribution < 1.29 is 4.79 Å². The summed E-state index contributed by atoms with van der Waals surface area (Å²) in [6.07, 6.45) is 6.16. The predicted molar refractivity (Wildman–Crippen MR) is 82.0 cm³/mol. The summed E-state index contributed by atoms with van der Waals surface area (Å²) < 4.78 is 0. The van der Waals surface area contributed by atoms with Crippen molar-refractivity contribution in [1.29, 1.82) is 0 Å². The van der Waals surface area contributed by atoms with Gasteiger partial charge < -0.3 is 10.6 Å². The zero-order valence-electron chi connectivity index (χ0n) is 12.5. The van der Waals surface area contributed by atoms with Gasteiger partial charge >= 0.3 is 0 Å². The van der Waals surface area contributed by atoms with Crippen LogP contribution in [0.25, 0.3) is 0 Å². The lowest BCUT2D eigenvalue weighted by Crippen LogP contribution is -2.27. The molecule has 0 bridgehead atoms. The summed E-state index contributed by atoms with van der Waals surface area (Å²) in [4.78, 5) is 16.5. The van der Waals surface area contributed by atoms with E-state index < -0.39 is 0 Å². The molecular formula is C16H25N3O. The monoisotopic (exact) mass is 275 g/mol. The lowest BCUT2D eigenvalue weighted by Gasteiger charge is -2.25. The zero-order chi connectivity index (χ0) is 14.4. The van der Waals surface area contributed by atoms with Crippen LogP contribution in [0.2, 0.25) is 0 Å². The van der Waals surface area contributed by atoms with Crippen LogP contribution in [0.5, 0.6) is 0 Å². The molecule has 4 nitrogen and oxygen atoms in total. The number of hydrogen-bond acceptors (Lipinski definition) is 3. The molecule has 2 rings (SSSR count). The standard InChI is InChI=1S/C16H25N3O/c1-3-8-17-15-11-14(10-12(2)19-15)16(20)18-9-7-13-5-4-6-13/h10-11,13H,3-9H2,1-2H3,(H,17,19)(H,18,20). The molecule has 1 fully saturated rings. The fourth-order valence-corrected chi connectivity index (χ4v) is 2.42. The molecule has 110 valence electrons. The van der Waals surface area contributed by atoms with E-state index in [-0.39, 0.29) is 5.91 Å². The van der Waals surface area contributed by atoms with Crippen LogP contribution < -0.4 is 10.6 Å². The summed E-state index contributed by atoms with van der Waals surface area (Å²) in [6.45, 7) is 5.68. The van der Waals surface area contributed by atoms with Crippen molar-refractivity contribution in [3.63, 3.8) is 0 Å². The quantitative estimate of drug-likeness (QED) is 0.804. The first kappa shape index (κ1) is 14.8. The third kappa shape index (κ3) is 4.22. The second kappa shape index (κ2) is 7.27. The van der Waals surface area contributed by atoms with E-state index in [0.29, 0.717) is 5.56 Å². The molecule has 1 saturated carbocycles. The summed E-state index contributed by atoms with van der Waals surface area (Å²) in [5.74, 6) is 1.63. The number of aryl methyl sites for hydroxylation is 1.